The molecule has 0 aromatic carbocycles. The highest BCUT2D eigenvalue weighted by Crippen LogP contribution is 2.10. The maximum Gasteiger partial charge on any atom is 0.251 e. The van der Waals surface area contributed by atoms with Gasteiger partial charge in [-0.2, -0.15) is 0 Å². The Labute approximate surface area is 122 Å². The first kappa shape index (κ1) is 14.9. The van der Waals surface area contributed by atoms with E-state index in [0.29, 0.717) is 24.5 Å². The summed E-state index contributed by atoms with van der Waals surface area (Å²) >= 11 is 0. The second kappa shape index (κ2) is 7.34. The molecule has 0 spiro atoms. The van der Waals surface area contributed by atoms with Crippen molar-refractivity contribution in [1.29, 1.82) is 0 Å². The molecule has 112 valence electrons. The summed E-state index contributed by atoms with van der Waals surface area (Å²) in [6, 6.07) is 3.40. The van der Waals surface area contributed by atoms with Gasteiger partial charge in [-0.15, -0.1) is 5.10 Å². The van der Waals surface area contributed by atoms with Crippen molar-refractivity contribution in [3.8, 4) is 0 Å². The lowest BCUT2D eigenvalue weighted by atomic mass is 10.2. The van der Waals surface area contributed by atoms with Crippen molar-refractivity contribution in [2.45, 2.75) is 26.3 Å². The van der Waals surface area contributed by atoms with Crippen molar-refractivity contribution in [3.05, 3.63) is 35.8 Å². The van der Waals surface area contributed by atoms with Gasteiger partial charge in [-0.1, -0.05) is 12.1 Å². The number of nitrogens with zero attached hydrogens (tertiary/aromatic N) is 4. The Morgan fingerprint density at radius 3 is 2.95 bits per heavy atom. The maximum atomic E-state index is 12.1. The van der Waals surface area contributed by atoms with Gasteiger partial charge in [-0.05, 0) is 25.0 Å². The van der Waals surface area contributed by atoms with E-state index in [1.165, 1.54) is 0 Å². The molecule has 2 aromatic heterocycles. The number of hydrogen-bond donors (Lipinski definition) is 3. The van der Waals surface area contributed by atoms with Crippen LogP contribution in [0.25, 0.3) is 0 Å². The number of aromatic nitrogens is 4. The zero-order chi connectivity index (χ0) is 15.1. The highest BCUT2D eigenvalue weighted by Gasteiger charge is 2.08. The first-order valence-corrected chi connectivity index (χ1v) is 6.82. The molecule has 2 heterocycles. The topological polar surface area (TPSA) is 111 Å². The van der Waals surface area contributed by atoms with Crippen LogP contribution in [0.3, 0.4) is 0 Å². The van der Waals surface area contributed by atoms with Crippen LogP contribution < -0.4 is 16.6 Å². The van der Waals surface area contributed by atoms with Crippen molar-refractivity contribution >= 4 is 11.7 Å². The van der Waals surface area contributed by atoms with Gasteiger partial charge in [0.2, 0.25) is 0 Å². The smallest absolute Gasteiger partial charge is 0.251 e. The van der Waals surface area contributed by atoms with Gasteiger partial charge in [0.15, 0.2) is 0 Å². The van der Waals surface area contributed by atoms with Gasteiger partial charge in [0, 0.05) is 30.5 Å². The molecular weight excluding hydrogens is 270 g/mol. The molecule has 8 heteroatoms. The van der Waals surface area contributed by atoms with E-state index in [1.54, 1.807) is 29.2 Å². The maximum absolute atomic E-state index is 12.1. The van der Waals surface area contributed by atoms with E-state index in [0.717, 1.165) is 18.5 Å². The lowest BCUT2D eigenvalue weighted by Crippen LogP contribution is -2.26. The predicted molar refractivity (Wildman–Crippen MR) is 78.4 cm³/mol. The summed E-state index contributed by atoms with van der Waals surface area (Å²) in [5.41, 5.74) is 3.84. The van der Waals surface area contributed by atoms with Crippen molar-refractivity contribution in [2.24, 2.45) is 5.84 Å². The number of carbonyl (C=O) groups excluding carboxylic acids is 1. The van der Waals surface area contributed by atoms with Gasteiger partial charge in [0.1, 0.15) is 5.82 Å². The van der Waals surface area contributed by atoms with Crippen molar-refractivity contribution < 1.29 is 4.79 Å². The summed E-state index contributed by atoms with van der Waals surface area (Å²) in [5.74, 6) is 5.71. The number of nitrogens with two attached hydrogens (primary N) is 1. The zero-order valence-electron chi connectivity index (χ0n) is 11.9. The third-order valence-corrected chi connectivity index (χ3v) is 2.97. The molecule has 2 aromatic rings. The SMILES string of the molecule is CCc1cc(C(=O)NCCCn2ccnn2)cc(NN)n1. The fourth-order valence-corrected chi connectivity index (χ4v) is 1.87. The molecule has 0 saturated heterocycles. The average molecular weight is 289 g/mol. The normalized spacial score (nSPS) is 10.4. The third kappa shape index (κ3) is 4.25. The van der Waals surface area contributed by atoms with Crippen LogP contribution in [0.1, 0.15) is 29.4 Å². The third-order valence-electron chi connectivity index (χ3n) is 2.97. The number of carbonyl (C=O) groups is 1. The Kier molecular flexibility index (Phi) is 5.22. The first-order valence-electron chi connectivity index (χ1n) is 6.82. The van der Waals surface area contributed by atoms with E-state index in [2.05, 4.69) is 26.0 Å². The molecule has 0 fully saturated rings. The number of hydrogen-bond acceptors (Lipinski definition) is 6. The van der Waals surface area contributed by atoms with Gasteiger partial charge < -0.3 is 10.7 Å². The number of rotatable bonds is 7. The van der Waals surface area contributed by atoms with E-state index in [4.69, 9.17) is 5.84 Å². The Morgan fingerprint density at radius 2 is 2.29 bits per heavy atom. The van der Waals surface area contributed by atoms with Crippen LogP contribution in [0, 0.1) is 0 Å². The second-order valence-electron chi connectivity index (χ2n) is 4.51. The first-order chi connectivity index (χ1) is 10.2. The zero-order valence-corrected chi connectivity index (χ0v) is 11.9. The van der Waals surface area contributed by atoms with E-state index < -0.39 is 0 Å². The standard InChI is InChI=1S/C13H19N7O/c1-2-11-8-10(9-12(17-11)18-14)13(21)15-4-3-6-20-7-5-16-19-20/h5,7-9H,2-4,6,14H2,1H3,(H,15,21)(H,17,18). The van der Waals surface area contributed by atoms with Crippen LogP contribution in [0.2, 0.25) is 0 Å². The number of aryl methyl sites for hydroxylation is 2. The van der Waals surface area contributed by atoms with Gasteiger partial charge in [0.05, 0.1) is 6.20 Å². The fourth-order valence-electron chi connectivity index (χ4n) is 1.87. The molecule has 0 atom stereocenters. The molecule has 1 amide bonds. The van der Waals surface area contributed by atoms with Gasteiger partial charge in [-0.25, -0.2) is 10.8 Å². The fraction of sp³-hybridized carbons (Fsp3) is 0.385. The monoisotopic (exact) mass is 289 g/mol. The molecular formula is C13H19N7O. The van der Waals surface area contributed by atoms with E-state index in [9.17, 15) is 4.79 Å². The number of anilines is 1. The summed E-state index contributed by atoms with van der Waals surface area (Å²) in [6.45, 7) is 3.25. The minimum absolute atomic E-state index is 0.137. The summed E-state index contributed by atoms with van der Waals surface area (Å²) < 4.78 is 1.73. The van der Waals surface area contributed by atoms with Crippen LogP contribution in [0.4, 0.5) is 5.82 Å². The van der Waals surface area contributed by atoms with Crippen molar-refractivity contribution in [1.82, 2.24) is 25.3 Å². The second-order valence-corrected chi connectivity index (χ2v) is 4.51. The number of nitrogen functional groups attached to an aromatic ring is 1. The quantitative estimate of drug-likeness (QED) is 0.385. The lowest BCUT2D eigenvalue weighted by molar-refractivity contribution is 0.0952. The van der Waals surface area contributed by atoms with Crippen molar-refractivity contribution in [3.63, 3.8) is 0 Å². The minimum atomic E-state index is -0.137. The molecule has 0 radical (unpaired) electrons. The van der Waals surface area contributed by atoms with Gasteiger partial charge in [-0.3, -0.25) is 9.48 Å². The number of hydrazine groups is 1. The molecule has 0 aliphatic carbocycles. The van der Waals surface area contributed by atoms with E-state index in [-0.39, 0.29) is 5.91 Å². The number of nitrogens with one attached hydrogen (secondary N) is 2. The molecule has 2 rings (SSSR count). The van der Waals surface area contributed by atoms with Crippen LogP contribution in [-0.2, 0) is 13.0 Å². The summed E-state index contributed by atoms with van der Waals surface area (Å²) in [5, 5.41) is 10.4. The summed E-state index contributed by atoms with van der Waals surface area (Å²) in [7, 11) is 0. The Hall–Kier alpha value is -2.48. The summed E-state index contributed by atoms with van der Waals surface area (Å²) in [4.78, 5) is 16.3. The average Bonchev–Trinajstić information content (AvgIpc) is 3.04. The molecule has 0 aliphatic rings. The highest BCUT2D eigenvalue weighted by molar-refractivity contribution is 5.94. The minimum Gasteiger partial charge on any atom is -0.352 e. The summed E-state index contributed by atoms with van der Waals surface area (Å²) in [6.07, 6.45) is 4.94. The molecule has 0 bridgehead atoms. The largest absolute Gasteiger partial charge is 0.352 e. The van der Waals surface area contributed by atoms with Crippen LogP contribution in [-0.4, -0.2) is 32.4 Å². The molecule has 0 unspecified atom stereocenters. The Bertz CT molecular complexity index is 560. The van der Waals surface area contributed by atoms with Gasteiger partial charge in [0.25, 0.3) is 5.91 Å². The van der Waals surface area contributed by atoms with Crippen LogP contribution >= 0.6 is 0 Å². The number of amides is 1. The molecule has 8 nitrogen and oxygen atoms in total. The van der Waals surface area contributed by atoms with Gasteiger partial charge >= 0.3 is 0 Å². The lowest BCUT2D eigenvalue weighted by Gasteiger charge is -2.08. The Balaban J connectivity index is 1.87. The molecule has 0 aliphatic heterocycles. The van der Waals surface area contributed by atoms with Crippen LogP contribution in [0.15, 0.2) is 24.5 Å². The highest BCUT2D eigenvalue weighted by atomic mass is 16.1. The molecule has 21 heavy (non-hydrogen) atoms. The predicted octanol–water partition coefficient (Wildman–Crippen LogP) is 0.341. The van der Waals surface area contributed by atoms with Crippen molar-refractivity contribution in [2.75, 3.05) is 12.0 Å². The molecule has 0 saturated carbocycles. The van der Waals surface area contributed by atoms with Crippen LogP contribution in [0.5, 0.6) is 0 Å². The van der Waals surface area contributed by atoms with E-state index in [1.807, 2.05) is 6.92 Å². The Morgan fingerprint density at radius 1 is 1.43 bits per heavy atom. The number of pyridine rings is 1. The van der Waals surface area contributed by atoms with E-state index >= 15 is 0 Å². The molecule has 4 N–H and O–H groups in total.